The van der Waals surface area contributed by atoms with Gasteiger partial charge in [-0.1, -0.05) is 15.9 Å². The average molecular weight is 358 g/mol. The van der Waals surface area contributed by atoms with Gasteiger partial charge in [0, 0.05) is 33.0 Å². The van der Waals surface area contributed by atoms with Crippen LogP contribution in [-0.2, 0) is 0 Å². The lowest BCUT2D eigenvalue weighted by Crippen LogP contribution is -1.91. The fraction of sp³-hybridized carbons (Fsp3) is 0.0833. The van der Waals surface area contributed by atoms with Crippen molar-refractivity contribution in [1.29, 1.82) is 0 Å². The van der Waals surface area contributed by atoms with Gasteiger partial charge in [-0.05, 0) is 40.5 Å². The van der Waals surface area contributed by atoms with Crippen LogP contribution < -0.4 is 10.5 Å². The topological polar surface area (TPSA) is 48.1 Å². The van der Waals surface area contributed by atoms with E-state index < -0.39 is 0 Å². The molecular weight excluding hydrogens is 348 g/mol. The molecule has 0 bridgehead atoms. The zero-order valence-electron chi connectivity index (χ0n) is 9.08. The van der Waals surface area contributed by atoms with Gasteiger partial charge in [-0.2, -0.15) is 0 Å². The molecule has 0 amide bonds. The lowest BCUT2D eigenvalue weighted by Gasteiger charge is -2.07. The van der Waals surface area contributed by atoms with Gasteiger partial charge in [0.1, 0.15) is 5.75 Å². The summed E-state index contributed by atoms with van der Waals surface area (Å²) in [6, 6.07) is 7.27. The minimum absolute atomic E-state index is 0.545. The van der Waals surface area contributed by atoms with Crippen molar-refractivity contribution in [3.05, 3.63) is 45.0 Å². The minimum Gasteiger partial charge on any atom is -0.439 e. The van der Waals surface area contributed by atoms with Gasteiger partial charge in [0.05, 0.1) is 0 Å². The van der Waals surface area contributed by atoms with Crippen LogP contribution in [0, 0.1) is 6.92 Å². The Balaban J connectivity index is 2.28. The van der Waals surface area contributed by atoms with Crippen LogP contribution >= 0.6 is 31.9 Å². The Kier molecular flexibility index (Phi) is 3.69. The lowest BCUT2D eigenvalue weighted by atomic mass is 10.3. The quantitative estimate of drug-likeness (QED) is 0.815. The molecule has 88 valence electrons. The summed E-state index contributed by atoms with van der Waals surface area (Å²) < 4.78 is 7.47. The molecule has 2 N–H and O–H groups in total. The minimum atomic E-state index is 0.545. The first kappa shape index (κ1) is 12.4. The van der Waals surface area contributed by atoms with E-state index in [0.29, 0.717) is 17.3 Å². The van der Waals surface area contributed by atoms with Crippen LogP contribution in [0.3, 0.4) is 0 Å². The number of anilines is 1. The highest BCUT2D eigenvalue weighted by molar-refractivity contribution is 9.10. The molecule has 3 nitrogen and oxygen atoms in total. The molecule has 0 atom stereocenters. The maximum absolute atomic E-state index is 5.73. The lowest BCUT2D eigenvalue weighted by molar-refractivity contribution is 0.462. The summed E-state index contributed by atoms with van der Waals surface area (Å²) in [5.74, 6) is 1.20. The highest BCUT2D eigenvalue weighted by atomic mass is 79.9. The Labute approximate surface area is 116 Å². The van der Waals surface area contributed by atoms with Gasteiger partial charge in [-0.25, -0.2) is 4.98 Å². The summed E-state index contributed by atoms with van der Waals surface area (Å²) in [6.07, 6.45) is 1.71. The average Bonchev–Trinajstić information content (AvgIpc) is 2.22. The van der Waals surface area contributed by atoms with Gasteiger partial charge in [0.25, 0.3) is 0 Å². The summed E-state index contributed by atoms with van der Waals surface area (Å²) in [7, 11) is 0. The van der Waals surface area contributed by atoms with Gasteiger partial charge in [0.15, 0.2) is 0 Å². The second-order valence-electron chi connectivity index (χ2n) is 3.59. The van der Waals surface area contributed by atoms with E-state index in [4.69, 9.17) is 10.5 Å². The van der Waals surface area contributed by atoms with Crippen molar-refractivity contribution in [1.82, 2.24) is 4.98 Å². The normalized spacial score (nSPS) is 10.3. The SMILES string of the molecule is Cc1cc(Oc2cc(N)cc(Br)c2)ncc1Br. The first-order chi connectivity index (χ1) is 8.04. The van der Waals surface area contributed by atoms with Crippen LogP contribution in [0.2, 0.25) is 0 Å². The number of halogens is 2. The third-order valence-electron chi connectivity index (χ3n) is 2.14. The van der Waals surface area contributed by atoms with Crippen LogP contribution in [0.4, 0.5) is 5.69 Å². The van der Waals surface area contributed by atoms with Crippen molar-refractivity contribution >= 4 is 37.5 Å². The monoisotopic (exact) mass is 356 g/mol. The van der Waals surface area contributed by atoms with Crippen molar-refractivity contribution in [2.45, 2.75) is 6.92 Å². The molecule has 0 aliphatic heterocycles. The van der Waals surface area contributed by atoms with E-state index in [-0.39, 0.29) is 0 Å². The molecule has 1 aromatic heterocycles. The number of aryl methyl sites for hydroxylation is 1. The van der Waals surface area contributed by atoms with Crippen molar-refractivity contribution < 1.29 is 4.74 Å². The maximum Gasteiger partial charge on any atom is 0.219 e. The van der Waals surface area contributed by atoms with Gasteiger partial charge in [0.2, 0.25) is 5.88 Å². The number of aromatic nitrogens is 1. The third-order valence-corrected chi connectivity index (χ3v) is 3.43. The molecular formula is C12H10Br2N2O. The largest absolute Gasteiger partial charge is 0.439 e. The molecule has 2 rings (SSSR count). The summed E-state index contributed by atoms with van der Waals surface area (Å²) in [4.78, 5) is 4.17. The number of rotatable bonds is 2. The van der Waals surface area contributed by atoms with E-state index in [1.807, 2.05) is 25.1 Å². The van der Waals surface area contributed by atoms with Gasteiger partial charge < -0.3 is 10.5 Å². The second kappa shape index (κ2) is 5.06. The molecule has 1 aromatic carbocycles. The summed E-state index contributed by atoms with van der Waals surface area (Å²) in [5.41, 5.74) is 7.44. The predicted octanol–water partition coefficient (Wildman–Crippen LogP) is 4.29. The number of nitrogens with two attached hydrogens (primary N) is 1. The molecule has 1 heterocycles. The first-order valence-electron chi connectivity index (χ1n) is 4.90. The van der Waals surface area contributed by atoms with E-state index in [1.54, 1.807) is 12.3 Å². The van der Waals surface area contributed by atoms with E-state index in [2.05, 4.69) is 36.8 Å². The molecule has 0 aliphatic rings. The van der Waals surface area contributed by atoms with Crippen LogP contribution in [-0.4, -0.2) is 4.98 Å². The molecule has 0 saturated carbocycles. The number of benzene rings is 1. The van der Waals surface area contributed by atoms with Gasteiger partial charge in [-0.3, -0.25) is 0 Å². The number of pyridine rings is 1. The molecule has 0 unspecified atom stereocenters. The number of nitrogen functional groups attached to an aromatic ring is 1. The second-order valence-corrected chi connectivity index (χ2v) is 5.36. The van der Waals surface area contributed by atoms with E-state index in [0.717, 1.165) is 14.5 Å². The molecule has 0 radical (unpaired) electrons. The van der Waals surface area contributed by atoms with Gasteiger partial charge in [-0.15, -0.1) is 0 Å². The van der Waals surface area contributed by atoms with E-state index >= 15 is 0 Å². The van der Waals surface area contributed by atoms with Crippen molar-refractivity contribution in [3.63, 3.8) is 0 Å². The smallest absolute Gasteiger partial charge is 0.219 e. The predicted molar refractivity (Wildman–Crippen MR) is 75.3 cm³/mol. The van der Waals surface area contributed by atoms with Crippen molar-refractivity contribution in [2.24, 2.45) is 0 Å². The number of ether oxygens (including phenoxy) is 1. The van der Waals surface area contributed by atoms with E-state index in [9.17, 15) is 0 Å². The van der Waals surface area contributed by atoms with Crippen LogP contribution in [0.25, 0.3) is 0 Å². The number of nitrogens with zero attached hydrogens (tertiary/aromatic N) is 1. The molecule has 0 saturated heterocycles. The molecule has 5 heteroatoms. The fourth-order valence-corrected chi connectivity index (χ4v) is 2.04. The molecule has 2 aromatic rings. The third kappa shape index (κ3) is 3.20. The van der Waals surface area contributed by atoms with Crippen LogP contribution in [0.15, 0.2) is 39.4 Å². The number of hydrogen-bond donors (Lipinski definition) is 1. The Bertz CT molecular complexity index is 538. The summed E-state index contributed by atoms with van der Waals surface area (Å²) in [5, 5.41) is 0. The van der Waals surface area contributed by atoms with Crippen molar-refractivity contribution in [3.8, 4) is 11.6 Å². The highest BCUT2D eigenvalue weighted by Crippen LogP contribution is 2.27. The van der Waals surface area contributed by atoms with Crippen molar-refractivity contribution in [2.75, 3.05) is 5.73 Å². The Morgan fingerprint density at radius 1 is 1.18 bits per heavy atom. The standard InChI is InChI=1S/C12H10Br2N2O/c1-7-2-12(16-6-11(7)14)17-10-4-8(13)3-9(15)5-10/h2-6H,15H2,1H3. The Morgan fingerprint density at radius 2 is 1.94 bits per heavy atom. The van der Waals surface area contributed by atoms with Crippen LogP contribution in [0.1, 0.15) is 5.56 Å². The maximum atomic E-state index is 5.73. The molecule has 0 fully saturated rings. The Morgan fingerprint density at radius 3 is 2.59 bits per heavy atom. The summed E-state index contributed by atoms with van der Waals surface area (Å²) in [6.45, 7) is 1.98. The first-order valence-corrected chi connectivity index (χ1v) is 6.49. The van der Waals surface area contributed by atoms with Crippen LogP contribution in [0.5, 0.6) is 11.6 Å². The van der Waals surface area contributed by atoms with Gasteiger partial charge >= 0.3 is 0 Å². The molecule has 17 heavy (non-hydrogen) atoms. The fourth-order valence-electron chi connectivity index (χ4n) is 1.33. The zero-order chi connectivity index (χ0) is 12.4. The molecule has 0 aliphatic carbocycles. The number of hydrogen-bond acceptors (Lipinski definition) is 3. The zero-order valence-corrected chi connectivity index (χ0v) is 12.2. The highest BCUT2D eigenvalue weighted by Gasteiger charge is 2.03. The Hall–Kier alpha value is -1.07. The van der Waals surface area contributed by atoms with E-state index in [1.165, 1.54) is 0 Å². The summed E-state index contributed by atoms with van der Waals surface area (Å²) >= 11 is 6.76. The molecule has 0 spiro atoms.